The quantitative estimate of drug-likeness (QED) is 0.661. The molecule has 1 heterocycles. The van der Waals surface area contributed by atoms with E-state index in [1.807, 2.05) is 12.2 Å². The van der Waals surface area contributed by atoms with Crippen LogP contribution in [0.25, 0.3) is 6.08 Å². The van der Waals surface area contributed by atoms with Gasteiger partial charge in [0.05, 0.1) is 6.26 Å². The molecule has 0 atom stereocenters. The molecule has 2 heteroatoms. The number of hydrogen-bond acceptors (Lipinski definition) is 2. The lowest BCUT2D eigenvalue weighted by atomic mass is 10.2. The fourth-order valence-electron chi connectivity index (χ4n) is 1.18. The minimum absolute atomic E-state index is 0.00796. The van der Waals surface area contributed by atoms with Crippen LogP contribution in [0.3, 0.4) is 0 Å². The van der Waals surface area contributed by atoms with Gasteiger partial charge >= 0.3 is 0 Å². The van der Waals surface area contributed by atoms with Crippen molar-refractivity contribution in [2.24, 2.45) is 0 Å². The molecule has 0 aliphatic heterocycles. The smallest absolute Gasteiger partial charge is 0.126 e. The van der Waals surface area contributed by atoms with E-state index in [0.29, 0.717) is 11.3 Å². The van der Waals surface area contributed by atoms with Gasteiger partial charge in [0.2, 0.25) is 0 Å². The zero-order chi connectivity index (χ0) is 9.80. The summed E-state index contributed by atoms with van der Waals surface area (Å²) < 4.78 is 5.06. The lowest BCUT2D eigenvalue weighted by Gasteiger charge is -2.07. The highest BCUT2D eigenvalue weighted by atomic mass is 16.3. The third-order valence-corrected chi connectivity index (χ3v) is 1.89. The predicted molar refractivity (Wildman–Crippen MR) is 53.0 cm³/mol. The third-order valence-electron chi connectivity index (χ3n) is 1.89. The van der Waals surface area contributed by atoms with Gasteiger partial charge in [0.15, 0.2) is 0 Å². The molecule has 0 amide bonds. The van der Waals surface area contributed by atoms with Crippen molar-refractivity contribution in [1.82, 2.24) is 0 Å². The molecular weight excluding hydrogens is 176 g/mol. The Kier molecular flexibility index (Phi) is 2.36. The summed E-state index contributed by atoms with van der Waals surface area (Å²) in [5, 5.41) is 11.5. The SMILES string of the molecule is [O-]C(C=Cc1ccco1)=C1C=CC=C1. The van der Waals surface area contributed by atoms with Crippen molar-refractivity contribution >= 4 is 6.08 Å². The summed E-state index contributed by atoms with van der Waals surface area (Å²) in [6.07, 6.45) is 12.0. The van der Waals surface area contributed by atoms with E-state index in [1.54, 1.807) is 36.6 Å². The number of rotatable bonds is 2. The molecule has 0 saturated carbocycles. The normalized spacial score (nSPS) is 14.4. The van der Waals surface area contributed by atoms with Crippen LogP contribution in [0.1, 0.15) is 5.76 Å². The molecule has 0 bridgehead atoms. The van der Waals surface area contributed by atoms with Gasteiger partial charge in [0.25, 0.3) is 0 Å². The van der Waals surface area contributed by atoms with E-state index in [0.717, 1.165) is 0 Å². The minimum Gasteiger partial charge on any atom is -0.872 e. The molecule has 0 N–H and O–H groups in total. The summed E-state index contributed by atoms with van der Waals surface area (Å²) in [7, 11) is 0. The van der Waals surface area contributed by atoms with Crippen LogP contribution in [0.2, 0.25) is 0 Å². The predicted octanol–water partition coefficient (Wildman–Crippen LogP) is 2.03. The maximum atomic E-state index is 11.5. The average molecular weight is 185 g/mol. The van der Waals surface area contributed by atoms with Crippen molar-refractivity contribution in [3.05, 3.63) is 65.9 Å². The molecule has 0 fully saturated rings. The first kappa shape index (κ1) is 8.63. The highest BCUT2D eigenvalue weighted by molar-refractivity contribution is 5.51. The Morgan fingerprint density at radius 3 is 2.71 bits per heavy atom. The van der Waals surface area contributed by atoms with Gasteiger partial charge in [-0.3, -0.25) is 0 Å². The Morgan fingerprint density at radius 1 is 1.29 bits per heavy atom. The molecule has 2 nitrogen and oxygen atoms in total. The van der Waals surface area contributed by atoms with E-state index in [2.05, 4.69) is 0 Å². The van der Waals surface area contributed by atoms with Crippen molar-refractivity contribution in [2.45, 2.75) is 0 Å². The largest absolute Gasteiger partial charge is 0.872 e. The van der Waals surface area contributed by atoms with Gasteiger partial charge in [-0.05, 0) is 23.8 Å². The van der Waals surface area contributed by atoms with E-state index < -0.39 is 0 Å². The highest BCUT2D eigenvalue weighted by Crippen LogP contribution is 2.12. The molecular formula is C12H9O2-. The number of allylic oxidation sites excluding steroid dienone is 6. The van der Waals surface area contributed by atoms with E-state index in [9.17, 15) is 5.11 Å². The molecule has 1 aromatic rings. The Bertz CT molecular complexity index is 403. The standard InChI is InChI=1S/C12H10O2/c13-12(10-4-1-2-5-10)8-7-11-6-3-9-14-11/h1-9,13H/p-1. The topological polar surface area (TPSA) is 36.2 Å². The van der Waals surface area contributed by atoms with Crippen molar-refractivity contribution < 1.29 is 9.52 Å². The van der Waals surface area contributed by atoms with Gasteiger partial charge in [0, 0.05) is 0 Å². The van der Waals surface area contributed by atoms with Crippen LogP contribution in [0, 0.1) is 0 Å². The average Bonchev–Trinajstić information content (AvgIpc) is 2.87. The van der Waals surface area contributed by atoms with E-state index >= 15 is 0 Å². The molecule has 0 radical (unpaired) electrons. The molecule has 0 unspecified atom stereocenters. The van der Waals surface area contributed by atoms with Gasteiger partial charge < -0.3 is 9.52 Å². The summed E-state index contributed by atoms with van der Waals surface area (Å²) >= 11 is 0. The number of hydrogen-bond donors (Lipinski definition) is 0. The van der Waals surface area contributed by atoms with Crippen LogP contribution in [0.5, 0.6) is 0 Å². The van der Waals surface area contributed by atoms with Gasteiger partial charge in [0.1, 0.15) is 5.76 Å². The molecule has 0 saturated heterocycles. The first-order valence-corrected chi connectivity index (χ1v) is 4.34. The summed E-state index contributed by atoms with van der Waals surface area (Å²) in [6, 6.07) is 3.58. The molecule has 70 valence electrons. The van der Waals surface area contributed by atoms with Crippen LogP contribution in [-0.2, 0) is 0 Å². The fourth-order valence-corrected chi connectivity index (χ4v) is 1.18. The van der Waals surface area contributed by atoms with Gasteiger partial charge in [-0.25, -0.2) is 0 Å². The zero-order valence-electron chi connectivity index (χ0n) is 7.51. The zero-order valence-corrected chi connectivity index (χ0v) is 7.51. The third kappa shape index (κ3) is 1.85. The van der Waals surface area contributed by atoms with E-state index in [4.69, 9.17) is 4.42 Å². The summed E-state index contributed by atoms with van der Waals surface area (Å²) in [4.78, 5) is 0. The van der Waals surface area contributed by atoms with Crippen molar-refractivity contribution in [3.8, 4) is 0 Å². The fraction of sp³-hybridized carbons (Fsp3) is 0. The lowest BCUT2D eigenvalue weighted by molar-refractivity contribution is -0.295. The van der Waals surface area contributed by atoms with E-state index in [-0.39, 0.29) is 5.76 Å². The first-order chi connectivity index (χ1) is 6.86. The minimum atomic E-state index is -0.00796. The van der Waals surface area contributed by atoms with Crippen molar-refractivity contribution in [3.63, 3.8) is 0 Å². The maximum Gasteiger partial charge on any atom is 0.126 e. The molecule has 1 aliphatic carbocycles. The molecule has 0 spiro atoms. The van der Waals surface area contributed by atoms with Crippen LogP contribution < -0.4 is 5.11 Å². The molecule has 1 aliphatic rings. The Hall–Kier alpha value is -1.96. The van der Waals surface area contributed by atoms with Gasteiger partial charge in [-0.1, -0.05) is 30.4 Å². The maximum absolute atomic E-state index is 11.5. The monoisotopic (exact) mass is 185 g/mol. The second kappa shape index (κ2) is 3.83. The Labute approximate surface area is 82.2 Å². The summed E-state index contributed by atoms with van der Waals surface area (Å²) in [5.74, 6) is 0.677. The molecule has 1 aromatic heterocycles. The van der Waals surface area contributed by atoms with Crippen LogP contribution >= 0.6 is 0 Å². The second-order valence-corrected chi connectivity index (χ2v) is 2.89. The van der Waals surface area contributed by atoms with Crippen molar-refractivity contribution in [1.29, 1.82) is 0 Å². The molecule has 0 aromatic carbocycles. The highest BCUT2D eigenvalue weighted by Gasteiger charge is 1.91. The van der Waals surface area contributed by atoms with Crippen LogP contribution in [-0.4, -0.2) is 0 Å². The van der Waals surface area contributed by atoms with Crippen LogP contribution in [0.15, 0.2) is 64.5 Å². The summed E-state index contributed by atoms with van der Waals surface area (Å²) in [5.41, 5.74) is 0.702. The molecule has 2 rings (SSSR count). The summed E-state index contributed by atoms with van der Waals surface area (Å²) in [6.45, 7) is 0. The van der Waals surface area contributed by atoms with Crippen molar-refractivity contribution in [2.75, 3.05) is 0 Å². The molecule has 14 heavy (non-hydrogen) atoms. The number of furan rings is 1. The van der Waals surface area contributed by atoms with Gasteiger partial charge in [-0.2, -0.15) is 0 Å². The van der Waals surface area contributed by atoms with E-state index in [1.165, 1.54) is 6.08 Å². The van der Waals surface area contributed by atoms with Gasteiger partial charge in [-0.15, -0.1) is 5.76 Å². The second-order valence-electron chi connectivity index (χ2n) is 2.89. The lowest BCUT2D eigenvalue weighted by Crippen LogP contribution is -2.02. The Balaban J connectivity index is 2.15. The Morgan fingerprint density at radius 2 is 2.07 bits per heavy atom. The first-order valence-electron chi connectivity index (χ1n) is 4.34. The van der Waals surface area contributed by atoms with Crippen LogP contribution in [0.4, 0.5) is 0 Å².